The van der Waals surface area contributed by atoms with E-state index in [1.54, 1.807) is 18.2 Å². The van der Waals surface area contributed by atoms with Crippen molar-refractivity contribution in [1.29, 1.82) is 0 Å². The molecule has 8 heteroatoms. The lowest BCUT2D eigenvalue weighted by molar-refractivity contribution is -0.122. The van der Waals surface area contributed by atoms with Gasteiger partial charge in [0.2, 0.25) is 11.8 Å². The minimum absolute atomic E-state index is 0.0104. The molecule has 34 heavy (non-hydrogen) atoms. The summed E-state index contributed by atoms with van der Waals surface area (Å²) in [6, 6.07) is 23.9. The fourth-order valence-electron chi connectivity index (χ4n) is 3.52. The number of thioether (sulfide) groups is 1. The van der Waals surface area contributed by atoms with E-state index in [0.29, 0.717) is 21.7 Å². The van der Waals surface area contributed by atoms with Crippen LogP contribution in [0.25, 0.3) is 16.6 Å². The van der Waals surface area contributed by atoms with Crippen molar-refractivity contribution in [3.05, 3.63) is 94.8 Å². The highest BCUT2D eigenvalue weighted by Gasteiger charge is 2.15. The first kappa shape index (κ1) is 23.3. The van der Waals surface area contributed by atoms with Gasteiger partial charge in [-0.25, -0.2) is 4.98 Å². The van der Waals surface area contributed by atoms with Crippen LogP contribution in [-0.4, -0.2) is 33.7 Å². The van der Waals surface area contributed by atoms with Gasteiger partial charge in [0.1, 0.15) is 0 Å². The highest BCUT2D eigenvalue weighted by molar-refractivity contribution is 7.99. The second kappa shape index (κ2) is 10.8. The van der Waals surface area contributed by atoms with Gasteiger partial charge >= 0.3 is 0 Å². The Morgan fingerprint density at radius 2 is 1.62 bits per heavy atom. The molecular weight excluding hydrogens is 448 g/mol. The van der Waals surface area contributed by atoms with Gasteiger partial charge in [0.05, 0.1) is 28.9 Å². The molecule has 4 aromatic rings. The number of carbonyl (C=O) groups excluding carboxylic acids is 2. The van der Waals surface area contributed by atoms with E-state index < -0.39 is 0 Å². The Morgan fingerprint density at radius 3 is 2.41 bits per heavy atom. The van der Waals surface area contributed by atoms with Crippen LogP contribution in [0.4, 0.5) is 5.69 Å². The predicted molar refractivity (Wildman–Crippen MR) is 136 cm³/mol. The van der Waals surface area contributed by atoms with Gasteiger partial charge in [-0.05, 0) is 42.3 Å². The standard InChI is InChI=1S/C26H24N4O3S/c1-2-18-10-6-8-14-21(18)28-23(31)16-27-24(32)17-34-26-29-22-15-9-7-13-20(22)25(33)30(26)19-11-4-3-5-12-19/h3-15H,2,16-17H2,1H3,(H,27,32)(H,28,31). The topological polar surface area (TPSA) is 93.1 Å². The number of anilines is 1. The Bertz CT molecular complexity index is 1390. The molecule has 0 radical (unpaired) electrons. The van der Waals surface area contributed by atoms with Gasteiger partial charge in [-0.3, -0.25) is 19.0 Å². The minimum atomic E-state index is -0.328. The van der Waals surface area contributed by atoms with Gasteiger partial charge in [0.15, 0.2) is 5.16 Å². The predicted octanol–water partition coefficient (Wildman–Crippen LogP) is 3.80. The zero-order chi connectivity index (χ0) is 23.9. The van der Waals surface area contributed by atoms with Crippen LogP contribution in [-0.2, 0) is 16.0 Å². The first-order valence-electron chi connectivity index (χ1n) is 10.9. The Kier molecular flexibility index (Phi) is 7.39. The Hall–Kier alpha value is -3.91. The first-order chi connectivity index (χ1) is 16.6. The third kappa shape index (κ3) is 5.35. The molecule has 0 saturated heterocycles. The van der Waals surface area contributed by atoms with E-state index in [2.05, 4.69) is 15.6 Å². The quantitative estimate of drug-likeness (QED) is 0.301. The number of aryl methyl sites for hydroxylation is 1. The smallest absolute Gasteiger partial charge is 0.266 e. The van der Waals surface area contributed by atoms with Crippen molar-refractivity contribution in [2.24, 2.45) is 0 Å². The van der Waals surface area contributed by atoms with Gasteiger partial charge in [0.25, 0.3) is 5.56 Å². The monoisotopic (exact) mass is 472 g/mol. The fourth-order valence-corrected chi connectivity index (χ4v) is 4.36. The molecule has 172 valence electrons. The second-order valence-electron chi connectivity index (χ2n) is 7.51. The zero-order valence-electron chi connectivity index (χ0n) is 18.7. The number of nitrogens with one attached hydrogen (secondary N) is 2. The summed E-state index contributed by atoms with van der Waals surface area (Å²) in [5, 5.41) is 6.38. The Balaban J connectivity index is 1.45. The van der Waals surface area contributed by atoms with Crippen LogP contribution in [0.2, 0.25) is 0 Å². The van der Waals surface area contributed by atoms with Crippen LogP contribution in [0.1, 0.15) is 12.5 Å². The molecule has 0 aliphatic rings. The summed E-state index contributed by atoms with van der Waals surface area (Å²) in [6.07, 6.45) is 0.793. The summed E-state index contributed by atoms with van der Waals surface area (Å²) in [5.74, 6) is -0.619. The lowest BCUT2D eigenvalue weighted by Crippen LogP contribution is -2.34. The molecule has 2 N–H and O–H groups in total. The molecule has 2 amide bonds. The number of hydrogen-bond acceptors (Lipinski definition) is 5. The number of benzene rings is 3. The molecule has 0 saturated carbocycles. The molecule has 7 nitrogen and oxygen atoms in total. The number of amides is 2. The average molecular weight is 473 g/mol. The SMILES string of the molecule is CCc1ccccc1NC(=O)CNC(=O)CSc1nc2ccccc2c(=O)n1-c1ccccc1. The van der Waals surface area contributed by atoms with E-state index in [-0.39, 0.29) is 29.7 Å². The van der Waals surface area contributed by atoms with Crippen molar-refractivity contribution in [1.82, 2.24) is 14.9 Å². The van der Waals surface area contributed by atoms with Crippen molar-refractivity contribution >= 4 is 40.2 Å². The maximum atomic E-state index is 13.2. The number of rotatable bonds is 8. The summed E-state index contributed by atoms with van der Waals surface area (Å²) < 4.78 is 1.51. The third-order valence-electron chi connectivity index (χ3n) is 5.21. The molecule has 0 bridgehead atoms. The highest BCUT2D eigenvalue weighted by Crippen LogP contribution is 2.21. The van der Waals surface area contributed by atoms with E-state index in [0.717, 1.165) is 29.4 Å². The van der Waals surface area contributed by atoms with Gasteiger partial charge in [0, 0.05) is 5.69 Å². The van der Waals surface area contributed by atoms with E-state index in [1.807, 2.05) is 67.6 Å². The third-order valence-corrected chi connectivity index (χ3v) is 6.15. The van der Waals surface area contributed by atoms with E-state index >= 15 is 0 Å². The second-order valence-corrected chi connectivity index (χ2v) is 8.45. The molecule has 0 aliphatic heterocycles. The van der Waals surface area contributed by atoms with E-state index in [1.165, 1.54) is 4.57 Å². The maximum Gasteiger partial charge on any atom is 0.266 e. The molecule has 1 heterocycles. The van der Waals surface area contributed by atoms with Crippen molar-refractivity contribution < 1.29 is 9.59 Å². The van der Waals surface area contributed by atoms with Crippen LogP contribution < -0.4 is 16.2 Å². The zero-order valence-corrected chi connectivity index (χ0v) is 19.5. The molecular formula is C26H24N4O3S. The molecule has 3 aromatic carbocycles. The molecule has 4 rings (SSSR count). The average Bonchev–Trinajstić information content (AvgIpc) is 2.87. The van der Waals surface area contributed by atoms with Gasteiger partial charge in [-0.2, -0.15) is 0 Å². The number of carbonyl (C=O) groups is 2. The van der Waals surface area contributed by atoms with Gasteiger partial charge < -0.3 is 10.6 Å². The van der Waals surface area contributed by atoms with Crippen LogP contribution in [0.5, 0.6) is 0 Å². The van der Waals surface area contributed by atoms with E-state index in [4.69, 9.17) is 0 Å². The summed E-state index contributed by atoms with van der Waals surface area (Å²) >= 11 is 1.15. The first-order valence-corrected chi connectivity index (χ1v) is 11.9. The van der Waals surface area contributed by atoms with Crippen molar-refractivity contribution in [2.75, 3.05) is 17.6 Å². The number of aromatic nitrogens is 2. The fraction of sp³-hybridized carbons (Fsp3) is 0.154. The number of hydrogen-bond donors (Lipinski definition) is 2. The summed E-state index contributed by atoms with van der Waals surface area (Å²) in [6.45, 7) is 1.87. The van der Waals surface area contributed by atoms with Crippen molar-refractivity contribution in [2.45, 2.75) is 18.5 Å². The molecule has 0 atom stereocenters. The minimum Gasteiger partial charge on any atom is -0.346 e. The number of nitrogens with zero attached hydrogens (tertiary/aromatic N) is 2. The summed E-state index contributed by atoms with van der Waals surface area (Å²) in [5.41, 5.74) is 2.80. The molecule has 0 fully saturated rings. The van der Waals surface area contributed by atoms with Crippen LogP contribution >= 0.6 is 11.8 Å². The molecule has 0 spiro atoms. The van der Waals surface area contributed by atoms with Gasteiger partial charge in [-0.1, -0.05) is 67.2 Å². The van der Waals surface area contributed by atoms with Crippen LogP contribution in [0.15, 0.2) is 88.8 Å². The summed E-state index contributed by atoms with van der Waals surface area (Å²) in [4.78, 5) is 42.6. The normalized spacial score (nSPS) is 10.7. The van der Waals surface area contributed by atoms with Crippen molar-refractivity contribution in [3.8, 4) is 5.69 Å². The summed E-state index contributed by atoms with van der Waals surface area (Å²) in [7, 11) is 0. The van der Waals surface area contributed by atoms with Gasteiger partial charge in [-0.15, -0.1) is 0 Å². The largest absolute Gasteiger partial charge is 0.346 e. The Morgan fingerprint density at radius 1 is 0.912 bits per heavy atom. The molecule has 1 aromatic heterocycles. The van der Waals surface area contributed by atoms with Crippen molar-refractivity contribution in [3.63, 3.8) is 0 Å². The highest BCUT2D eigenvalue weighted by atomic mass is 32.2. The van der Waals surface area contributed by atoms with Crippen LogP contribution in [0, 0.1) is 0 Å². The Labute approximate surface area is 201 Å². The van der Waals surface area contributed by atoms with Crippen LogP contribution in [0.3, 0.4) is 0 Å². The number of fused-ring (bicyclic) bond motifs is 1. The lowest BCUT2D eigenvalue weighted by Gasteiger charge is -2.13. The lowest BCUT2D eigenvalue weighted by atomic mass is 10.1. The molecule has 0 unspecified atom stereocenters. The maximum absolute atomic E-state index is 13.2. The molecule has 0 aliphatic carbocycles. The van der Waals surface area contributed by atoms with E-state index in [9.17, 15) is 14.4 Å². The number of para-hydroxylation sites is 3.